The molecule has 0 unspecified atom stereocenters. The number of nitrogen functional groups attached to an aromatic ring is 1. The number of pyridine rings is 1. The first kappa shape index (κ1) is 13.0. The molecule has 98 valence electrons. The average Bonchev–Trinajstić information content (AvgIpc) is 2.41. The number of aryl methyl sites for hydroxylation is 2. The molecule has 2 rings (SSSR count). The third kappa shape index (κ3) is 2.89. The summed E-state index contributed by atoms with van der Waals surface area (Å²) in [5.41, 5.74) is 6.37. The van der Waals surface area contributed by atoms with Crippen LogP contribution in [-0.4, -0.2) is 10.9 Å². The highest BCUT2D eigenvalue weighted by Gasteiger charge is 2.11. The number of nitrogens with two attached hydrogens (primary N) is 1. The van der Waals surface area contributed by atoms with Crippen LogP contribution in [0.25, 0.3) is 0 Å². The maximum Gasteiger partial charge on any atom is 0.257 e. The molecule has 0 atom stereocenters. The molecular weight excluding hydrogens is 240 g/mol. The van der Waals surface area contributed by atoms with Gasteiger partial charge in [-0.25, -0.2) is 0 Å². The number of hydrazine groups is 1. The van der Waals surface area contributed by atoms with Crippen LogP contribution in [0.15, 0.2) is 36.7 Å². The van der Waals surface area contributed by atoms with Gasteiger partial charge in [-0.2, -0.15) is 0 Å². The number of nitrogens with zero attached hydrogens (tertiary/aromatic N) is 1. The van der Waals surface area contributed by atoms with E-state index in [0.29, 0.717) is 11.3 Å². The molecular formula is C14H16N4O. The fourth-order valence-electron chi connectivity index (χ4n) is 1.85. The Hall–Kier alpha value is -2.40. The number of nitrogens with one attached hydrogen (secondary N) is 2. The molecule has 4 N–H and O–H groups in total. The largest absolute Gasteiger partial charge is 0.322 e. The lowest BCUT2D eigenvalue weighted by Crippen LogP contribution is -2.17. The van der Waals surface area contributed by atoms with Crippen molar-refractivity contribution < 1.29 is 4.79 Å². The number of hydrogen-bond acceptors (Lipinski definition) is 4. The summed E-state index contributed by atoms with van der Waals surface area (Å²) in [6, 6.07) is 7.48. The molecule has 0 spiro atoms. The summed E-state index contributed by atoms with van der Waals surface area (Å²) < 4.78 is 0. The minimum absolute atomic E-state index is 0.220. The minimum atomic E-state index is -0.220. The summed E-state index contributed by atoms with van der Waals surface area (Å²) in [4.78, 5) is 16.1. The van der Waals surface area contributed by atoms with Crippen LogP contribution in [0.4, 0.5) is 11.4 Å². The Morgan fingerprint density at radius 2 is 2.00 bits per heavy atom. The maximum absolute atomic E-state index is 12.2. The van der Waals surface area contributed by atoms with E-state index in [9.17, 15) is 4.79 Å². The Balaban J connectivity index is 2.26. The smallest absolute Gasteiger partial charge is 0.257 e. The average molecular weight is 256 g/mol. The predicted molar refractivity (Wildman–Crippen MR) is 75.9 cm³/mol. The van der Waals surface area contributed by atoms with Gasteiger partial charge < -0.3 is 10.7 Å². The van der Waals surface area contributed by atoms with E-state index in [4.69, 9.17) is 5.84 Å². The van der Waals surface area contributed by atoms with Gasteiger partial charge in [-0.15, -0.1) is 0 Å². The van der Waals surface area contributed by atoms with Crippen molar-refractivity contribution in [3.05, 3.63) is 53.3 Å². The van der Waals surface area contributed by atoms with Crippen LogP contribution in [0.3, 0.4) is 0 Å². The Bertz CT molecular complexity index is 610. The molecule has 0 aliphatic heterocycles. The lowest BCUT2D eigenvalue weighted by atomic mass is 10.1. The molecule has 0 bridgehead atoms. The molecule has 0 saturated heterocycles. The lowest BCUT2D eigenvalue weighted by Gasteiger charge is -2.11. The Kier molecular flexibility index (Phi) is 3.77. The molecule has 2 aromatic rings. The Morgan fingerprint density at radius 1 is 1.21 bits per heavy atom. The van der Waals surface area contributed by atoms with E-state index < -0.39 is 0 Å². The third-order valence-electron chi connectivity index (χ3n) is 2.85. The molecule has 0 aliphatic rings. The topological polar surface area (TPSA) is 80.0 Å². The van der Waals surface area contributed by atoms with Crippen molar-refractivity contribution >= 4 is 17.3 Å². The second-order valence-corrected chi connectivity index (χ2v) is 4.34. The van der Waals surface area contributed by atoms with Crippen LogP contribution in [-0.2, 0) is 0 Å². The van der Waals surface area contributed by atoms with Crippen LogP contribution in [0, 0.1) is 13.8 Å². The number of hydrogen-bond donors (Lipinski definition) is 3. The fourth-order valence-corrected chi connectivity index (χ4v) is 1.85. The van der Waals surface area contributed by atoms with Crippen molar-refractivity contribution in [3.8, 4) is 0 Å². The summed E-state index contributed by atoms with van der Waals surface area (Å²) in [7, 11) is 0. The van der Waals surface area contributed by atoms with E-state index in [-0.39, 0.29) is 5.91 Å². The second-order valence-electron chi connectivity index (χ2n) is 4.34. The zero-order valence-corrected chi connectivity index (χ0v) is 10.9. The van der Waals surface area contributed by atoms with Crippen LogP contribution in [0.2, 0.25) is 0 Å². The van der Waals surface area contributed by atoms with Gasteiger partial charge in [0.2, 0.25) is 0 Å². The fraction of sp³-hybridized carbons (Fsp3) is 0.143. The summed E-state index contributed by atoms with van der Waals surface area (Å²) in [5.74, 6) is 5.14. The van der Waals surface area contributed by atoms with Gasteiger partial charge in [-0.1, -0.05) is 17.7 Å². The van der Waals surface area contributed by atoms with Gasteiger partial charge in [0, 0.05) is 11.9 Å². The van der Waals surface area contributed by atoms with Crippen LogP contribution in [0.5, 0.6) is 0 Å². The van der Waals surface area contributed by atoms with E-state index in [1.807, 2.05) is 32.0 Å². The zero-order valence-electron chi connectivity index (χ0n) is 10.9. The summed E-state index contributed by atoms with van der Waals surface area (Å²) in [6.07, 6.45) is 3.06. The van der Waals surface area contributed by atoms with Gasteiger partial charge in [0.05, 0.1) is 17.4 Å². The number of benzene rings is 1. The highest BCUT2D eigenvalue weighted by molar-refractivity contribution is 6.08. The standard InChI is InChI=1S/C14H16N4O/c1-9-3-4-12(10(2)7-9)17-14(19)11-5-6-16-8-13(11)18-15/h3-8,18H,15H2,1-2H3,(H,17,19). The van der Waals surface area contributed by atoms with Crippen LogP contribution >= 0.6 is 0 Å². The van der Waals surface area contributed by atoms with Gasteiger partial charge in [-0.05, 0) is 31.5 Å². The van der Waals surface area contributed by atoms with E-state index >= 15 is 0 Å². The summed E-state index contributed by atoms with van der Waals surface area (Å²) in [5, 5.41) is 2.87. The molecule has 1 aromatic carbocycles. The molecule has 1 aromatic heterocycles. The first-order valence-corrected chi connectivity index (χ1v) is 5.91. The van der Waals surface area contributed by atoms with E-state index in [0.717, 1.165) is 16.8 Å². The first-order valence-electron chi connectivity index (χ1n) is 5.91. The lowest BCUT2D eigenvalue weighted by molar-refractivity contribution is 0.102. The van der Waals surface area contributed by atoms with Crippen molar-refractivity contribution in [1.82, 2.24) is 4.98 Å². The maximum atomic E-state index is 12.2. The summed E-state index contributed by atoms with van der Waals surface area (Å²) in [6.45, 7) is 3.97. The van der Waals surface area contributed by atoms with E-state index in [1.54, 1.807) is 12.3 Å². The molecule has 0 saturated carbocycles. The molecule has 0 aliphatic carbocycles. The second kappa shape index (κ2) is 5.49. The third-order valence-corrected chi connectivity index (χ3v) is 2.85. The normalized spacial score (nSPS) is 10.1. The van der Waals surface area contributed by atoms with Gasteiger partial charge in [0.25, 0.3) is 5.91 Å². The number of carbonyl (C=O) groups is 1. The number of amides is 1. The van der Waals surface area contributed by atoms with E-state index in [1.165, 1.54) is 6.20 Å². The quantitative estimate of drug-likeness (QED) is 0.581. The molecule has 0 fully saturated rings. The molecule has 0 radical (unpaired) electrons. The van der Waals surface area contributed by atoms with Gasteiger partial charge in [-0.3, -0.25) is 15.6 Å². The van der Waals surface area contributed by atoms with Gasteiger partial charge in [0.15, 0.2) is 0 Å². The Morgan fingerprint density at radius 3 is 2.68 bits per heavy atom. The molecule has 19 heavy (non-hydrogen) atoms. The van der Waals surface area contributed by atoms with Crippen molar-refractivity contribution in [3.63, 3.8) is 0 Å². The van der Waals surface area contributed by atoms with E-state index in [2.05, 4.69) is 15.7 Å². The first-order chi connectivity index (χ1) is 9.11. The van der Waals surface area contributed by atoms with Gasteiger partial charge in [0.1, 0.15) is 0 Å². The minimum Gasteiger partial charge on any atom is -0.322 e. The number of rotatable bonds is 3. The Labute approximate surface area is 111 Å². The molecule has 1 amide bonds. The van der Waals surface area contributed by atoms with Gasteiger partial charge >= 0.3 is 0 Å². The van der Waals surface area contributed by atoms with Crippen molar-refractivity contribution in [2.24, 2.45) is 5.84 Å². The number of carbonyl (C=O) groups excluding carboxylic acids is 1. The van der Waals surface area contributed by atoms with Crippen molar-refractivity contribution in [2.75, 3.05) is 10.7 Å². The summed E-state index contributed by atoms with van der Waals surface area (Å²) >= 11 is 0. The van der Waals surface area contributed by atoms with Crippen LogP contribution < -0.4 is 16.6 Å². The van der Waals surface area contributed by atoms with Crippen molar-refractivity contribution in [1.29, 1.82) is 0 Å². The molecule has 5 heteroatoms. The highest BCUT2D eigenvalue weighted by atomic mass is 16.1. The SMILES string of the molecule is Cc1ccc(NC(=O)c2ccncc2NN)c(C)c1. The predicted octanol–water partition coefficient (Wildman–Crippen LogP) is 2.24. The van der Waals surface area contributed by atoms with Crippen molar-refractivity contribution in [2.45, 2.75) is 13.8 Å². The highest BCUT2D eigenvalue weighted by Crippen LogP contribution is 2.19. The zero-order chi connectivity index (χ0) is 13.8. The molecule has 5 nitrogen and oxygen atoms in total. The number of aromatic nitrogens is 1. The van der Waals surface area contributed by atoms with Crippen LogP contribution in [0.1, 0.15) is 21.5 Å². The monoisotopic (exact) mass is 256 g/mol. The molecule has 1 heterocycles. The number of anilines is 2.